The van der Waals surface area contributed by atoms with Gasteiger partial charge in [0.2, 0.25) is 5.91 Å². The highest BCUT2D eigenvalue weighted by molar-refractivity contribution is 5.78. The van der Waals surface area contributed by atoms with E-state index in [1.807, 2.05) is 4.90 Å². The SMILES string of the molecule is CC1CN(C(=O)CNCC2CC2)CC1N1CCOCC1. The van der Waals surface area contributed by atoms with E-state index in [9.17, 15) is 4.79 Å². The number of amides is 1. The van der Waals surface area contributed by atoms with Crippen molar-refractivity contribution in [3.8, 4) is 0 Å². The maximum atomic E-state index is 12.2. The first-order valence-corrected chi connectivity index (χ1v) is 8.04. The molecule has 0 radical (unpaired) electrons. The molecule has 0 aromatic heterocycles. The second kappa shape index (κ2) is 6.41. The van der Waals surface area contributed by atoms with E-state index in [0.29, 0.717) is 18.5 Å². The summed E-state index contributed by atoms with van der Waals surface area (Å²) < 4.78 is 5.42. The molecule has 1 amide bonds. The Morgan fingerprint density at radius 2 is 2.00 bits per heavy atom. The molecule has 2 aliphatic heterocycles. The maximum Gasteiger partial charge on any atom is 0.236 e. The molecule has 2 atom stereocenters. The van der Waals surface area contributed by atoms with Gasteiger partial charge in [-0.25, -0.2) is 0 Å². The van der Waals surface area contributed by atoms with Crippen LogP contribution in [0, 0.1) is 11.8 Å². The Morgan fingerprint density at radius 3 is 2.70 bits per heavy atom. The van der Waals surface area contributed by atoms with Crippen LogP contribution in [-0.4, -0.2) is 74.2 Å². The molecular weight excluding hydrogens is 254 g/mol. The van der Waals surface area contributed by atoms with E-state index in [1.165, 1.54) is 12.8 Å². The fraction of sp³-hybridized carbons (Fsp3) is 0.933. The number of rotatable bonds is 5. The number of morpholine rings is 1. The highest BCUT2D eigenvalue weighted by Gasteiger charge is 2.36. The lowest BCUT2D eigenvalue weighted by Crippen LogP contribution is -2.47. The van der Waals surface area contributed by atoms with Gasteiger partial charge in [-0.2, -0.15) is 0 Å². The number of ether oxygens (including phenoxy) is 1. The molecule has 5 heteroatoms. The highest BCUT2D eigenvalue weighted by atomic mass is 16.5. The van der Waals surface area contributed by atoms with Gasteiger partial charge < -0.3 is 15.0 Å². The largest absolute Gasteiger partial charge is 0.379 e. The molecule has 20 heavy (non-hydrogen) atoms. The normalized spacial score (nSPS) is 31.8. The lowest BCUT2D eigenvalue weighted by atomic mass is 10.0. The number of nitrogens with one attached hydrogen (secondary N) is 1. The summed E-state index contributed by atoms with van der Waals surface area (Å²) in [6.07, 6.45) is 2.67. The Labute approximate surface area is 121 Å². The van der Waals surface area contributed by atoms with Crippen LogP contribution >= 0.6 is 0 Å². The summed E-state index contributed by atoms with van der Waals surface area (Å²) in [5.74, 6) is 1.68. The van der Waals surface area contributed by atoms with Gasteiger partial charge >= 0.3 is 0 Å². The predicted molar refractivity (Wildman–Crippen MR) is 77.5 cm³/mol. The van der Waals surface area contributed by atoms with Crippen LogP contribution in [0.1, 0.15) is 19.8 Å². The minimum atomic E-state index is 0.272. The smallest absolute Gasteiger partial charge is 0.236 e. The van der Waals surface area contributed by atoms with Gasteiger partial charge in [0.25, 0.3) is 0 Å². The lowest BCUT2D eigenvalue weighted by molar-refractivity contribution is -0.129. The van der Waals surface area contributed by atoms with Crippen molar-refractivity contribution in [3.05, 3.63) is 0 Å². The van der Waals surface area contributed by atoms with Crippen molar-refractivity contribution in [1.82, 2.24) is 15.1 Å². The maximum absolute atomic E-state index is 12.2. The number of carbonyl (C=O) groups is 1. The van der Waals surface area contributed by atoms with Gasteiger partial charge in [-0.3, -0.25) is 9.69 Å². The molecule has 3 fully saturated rings. The van der Waals surface area contributed by atoms with Gasteiger partial charge in [-0.1, -0.05) is 6.92 Å². The molecule has 2 unspecified atom stereocenters. The topological polar surface area (TPSA) is 44.8 Å². The van der Waals surface area contributed by atoms with Gasteiger partial charge in [0, 0.05) is 32.2 Å². The minimum Gasteiger partial charge on any atom is -0.379 e. The van der Waals surface area contributed by atoms with Gasteiger partial charge in [0.15, 0.2) is 0 Å². The van der Waals surface area contributed by atoms with Crippen molar-refractivity contribution in [2.24, 2.45) is 11.8 Å². The van der Waals surface area contributed by atoms with Gasteiger partial charge in [-0.15, -0.1) is 0 Å². The van der Waals surface area contributed by atoms with E-state index < -0.39 is 0 Å². The first-order valence-electron chi connectivity index (χ1n) is 8.04. The van der Waals surface area contributed by atoms with Crippen molar-refractivity contribution in [3.63, 3.8) is 0 Å². The molecule has 1 N–H and O–H groups in total. The number of likely N-dealkylation sites (tertiary alicyclic amines) is 1. The zero-order valence-corrected chi connectivity index (χ0v) is 12.5. The molecule has 114 valence electrons. The Kier molecular flexibility index (Phi) is 4.58. The van der Waals surface area contributed by atoms with Crippen molar-refractivity contribution >= 4 is 5.91 Å². The van der Waals surface area contributed by atoms with Crippen molar-refractivity contribution in [2.45, 2.75) is 25.8 Å². The Bertz CT molecular complexity index is 340. The second-order valence-corrected chi connectivity index (χ2v) is 6.57. The zero-order chi connectivity index (χ0) is 13.9. The molecule has 3 aliphatic rings. The van der Waals surface area contributed by atoms with Crippen molar-refractivity contribution in [2.75, 3.05) is 52.5 Å². The summed E-state index contributed by atoms with van der Waals surface area (Å²) in [6.45, 7) is 9.29. The molecule has 0 spiro atoms. The third-order valence-electron chi connectivity index (χ3n) is 4.85. The van der Waals surface area contributed by atoms with Gasteiger partial charge in [-0.05, 0) is 31.2 Å². The lowest BCUT2D eigenvalue weighted by Gasteiger charge is -2.34. The number of nitrogens with zero attached hydrogens (tertiary/aromatic N) is 2. The number of hydrogen-bond acceptors (Lipinski definition) is 4. The predicted octanol–water partition coefficient (Wildman–Crippen LogP) is 0.165. The molecule has 3 rings (SSSR count). The third-order valence-corrected chi connectivity index (χ3v) is 4.85. The van der Waals surface area contributed by atoms with Crippen LogP contribution < -0.4 is 5.32 Å². The average molecular weight is 281 g/mol. The molecule has 1 saturated carbocycles. The first kappa shape index (κ1) is 14.3. The van der Waals surface area contributed by atoms with Crippen molar-refractivity contribution in [1.29, 1.82) is 0 Å². The third kappa shape index (κ3) is 3.51. The standard InChI is InChI=1S/C15H27N3O2/c1-12-10-18(15(19)9-16-8-13-2-3-13)11-14(12)17-4-6-20-7-5-17/h12-14,16H,2-11H2,1H3. The minimum absolute atomic E-state index is 0.272. The van der Waals surface area contributed by atoms with Crippen LogP contribution in [0.3, 0.4) is 0 Å². The number of hydrogen-bond donors (Lipinski definition) is 1. The van der Waals surface area contributed by atoms with E-state index in [0.717, 1.165) is 51.9 Å². The molecule has 2 heterocycles. The van der Waals surface area contributed by atoms with E-state index in [2.05, 4.69) is 17.1 Å². The summed E-state index contributed by atoms with van der Waals surface area (Å²) >= 11 is 0. The molecular formula is C15H27N3O2. The molecule has 2 saturated heterocycles. The Hall–Kier alpha value is -0.650. The molecule has 1 aliphatic carbocycles. The summed E-state index contributed by atoms with van der Waals surface area (Å²) in [4.78, 5) is 16.8. The van der Waals surface area contributed by atoms with Crippen LogP contribution in [0.4, 0.5) is 0 Å². The van der Waals surface area contributed by atoms with Crippen molar-refractivity contribution < 1.29 is 9.53 Å². The molecule has 0 aromatic carbocycles. The molecule has 5 nitrogen and oxygen atoms in total. The zero-order valence-electron chi connectivity index (χ0n) is 12.5. The van der Waals surface area contributed by atoms with Crippen LogP contribution in [0.5, 0.6) is 0 Å². The summed E-state index contributed by atoms with van der Waals surface area (Å²) in [7, 11) is 0. The fourth-order valence-corrected chi connectivity index (χ4v) is 3.35. The number of carbonyl (C=O) groups excluding carboxylic acids is 1. The van der Waals surface area contributed by atoms with Crippen LogP contribution in [0.25, 0.3) is 0 Å². The van der Waals surface area contributed by atoms with E-state index >= 15 is 0 Å². The second-order valence-electron chi connectivity index (χ2n) is 6.57. The Balaban J connectivity index is 1.44. The van der Waals surface area contributed by atoms with Gasteiger partial charge in [0.1, 0.15) is 0 Å². The first-order chi connectivity index (χ1) is 9.74. The monoisotopic (exact) mass is 281 g/mol. The van der Waals surface area contributed by atoms with Crippen LogP contribution in [0.2, 0.25) is 0 Å². The summed E-state index contributed by atoms with van der Waals surface area (Å²) in [5, 5.41) is 3.31. The van der Waals surface area contributed by atoms with Crippen LogP contribution in [-0.2, 0) is 9.53 Å². The summed E-state index contributed by atoms with van der Waals surface area (Å²) in [6, 6.07) is 0.520. The highest BCUT2D eigenvalue weighted by Crippen LogP contribution is 2.27. The summed E-state index contributed by atoms with van der Waals surface area (Å²) in [5.41, 5.74) is 0. The average Bonchev–Trinajstić information content (AvgIpc) is 3.20. The van der Waals surface area contributed by atoms with Crippen LogP contribution in [0.15, 0.2) is 0 Å². The van der Waals surface area contributed by atoms with Gasteiger partial charge in [0.05, 0.1) is 19.8 Å². The fourth-order valence-electron chi connectivity index (χ4n) is 3.35. The molecule has 0 aromatic rings. The van der Waals surface area contributed by atoms with E-state index in [4.69, 9.17) is 4.74 Å². The van der Waals surface area contributed by atoms with E-state index in [-0.39, 0.29) is 5.91 Å². The molecule has 0 bridgehead atoms. The Morgan fingerprint density at radius 1 is 1.25 bits per heavy atom. The quantitative estimate of drug-likeness (QED) is 0.780. The van der Waals surface area contributed by atoms with E-state index in [1.54, 1.807) is 0 Å².